The summed E-state index contributed by atoms with van der Waals surface area (Å²) in [6.07, 6.45) is 4.98. The Hall–Kier alpha value is -2.09. The van der Waals surface area contributed by atoms with Gasteiger partial charge in [0.2, 0.25) is 0 Å². The van der Waals surface area contributed by atoms with Crippen molar-refractivity contribution in [3.05, 3.63) is 35.4 Å². The van der Waals surface area contributed by atoms with Crippen LogP contribution in [0.3, 0.4) is 0 Å². The molecular weight excluding hydrogens is 238 g/mol. The Balaban J connectivity index is 2.50. The molecule has 1 aromatic carbocycles. The van der Waals surface area contributed by atoms with E-state index in [1.165, 1.54) is 6.07 Å². The Morgan fingerprint density at radius 3 is 2.72 bits per heavy atom. The quantitative estimate of drug-likeness (QED) is 0.791. The Morgan fingerprint density at radius 1 is 1.39 bits per heavy atom. The van der Waals surface area contributed by atoms with Crippen LogP contribution in [0.5, 0.6) is 0 Å². The molecule has 0 unspecified atom stereocenters. The fourth-order valence-electron chi connectivity index (χ4n) is 1.38. The third-order valence-corrected chi connectivity index (χ3v) is 2.43. The monoisotopic (exact) mass is 252 g/mol. The van der Waals surface area contributed by atoms with Crippen LogP contribution in [-0.4, -0.2) is 19.1 Å². The van der Waals surface area contributed by atoms with Crippen LogP contribution in [0.15, 0.2) is 18.2 Å². The molecule has 2 amide bonds. The summed E-state index contributed by atoms with van der Waals surface area (Å²) in [5, 5.41) is 5.03. The molecule has 0 saturated heterocycles. The summed E-state index contributed by atoms with van der Waals surface area (Å²) in [6, 6.07) is 3.30. The van der Waals surface area contributed by atoms with Gasteiger partial charge in [0, 0.05) is 6.54 Å². The van der Waals surface area contributed by atoms with Gasteiger partial charge in [-0.3, -0.25) is 0 Å². The van der Waals surface area contributed by atoms with Gasteiger partial charge in [-0.25, -0.2) is 13.6 Å². The van der Waals surface area contributed by atoms with E-state index in [0.29, 0.717) is 12.1 Å². The molecule has 1 aromatic rings. The second kappa shape index (κ2) is 6.60. The first-order chi connectivity index (χ1) is 8.54. The fourth-order valence-corrected chi connectivity index (χ4v) is 1.38. The Morgan fingerprint density at radius 2 is 2.11 bits per heavy atom. The Labute approximate surface area is 105 Å². The van der Waals surface area contributed by atoms with Gasteiger partial charge in [-0.1, -0.05) is 18.9 Å². The van der Waals surface area contributed by atoms with Crippen LogP contribution < -0.4 is 10.6 Å². The fraction of sp³-hybridized carbons (Fsp3) is 0.308. The first-order valence-corrected chi connectivity index (χ1v) is 5.44. The zero-order chi connectivity index (χ0) is 13.5. The predicted molar refractivity (Wildman–Crippen MR) is 65.0 cm³/mol. The molecule has 2 N–H and O–H groups in total. The van der Waals surface area contributed by atoms with Crippen LogP contribution in [0, 0.1) is 24.0 Å². The largest absolute Gasteiger partial charge is 0.338 e. The molecule has 18 heavy (non-hydrogen) atoms. The van der Waals surface area contributed by atoms with Gasteiger partial charge in [0.1, 0.15) is 0 Å². The minimum Gasteiger partial charge on any atom is -0.338 e. The topological polar surface area (TPSA) is 41.1 Å². The summed E-state index contributed by atoms with van der Waals surface area (Å²) in [4.78, 5) is 11.2. The molecule has 5 heteroatoms. The summed E-state index contributed by atoms with van der Waals surface area (Å²) in [7, 11) is 0. The van der Waals surface area contributed by atoms with E-state index in [4.69, 9.17) is 6.42 Å². The first-order valence-electron chi connectivity index (χ1n) is 5.44. The molecule has 0 bridgehead atoms. The van der Waals surface area contributed by atoms with Crippen molar-refractivity contribution in [2.45, 2.75) is 12.8 Å². The molecule has 3 nitrogen and oxygen atoms in total. The van der Waals surface area contributed by atoms with Gasteiger partial charge >= 0.3 is 6.03 Å². The summed E-state index contributed by atoms with van der Waals surface area (Å²) < 4.78 is 25.8. The molecule has 0 fully saturated rings. The van der Waals surface area contributed by atoms with Crippen LogP contribution in [0.25, 0.3) is 0 Å². The number of terminal acetylenes is 1. The molecule has 0 spiro atoms. The molecule has 0 heterocycles. The van der Waals surface area contributed by atoms with Crippen molar-refractivity contribution in [2.75, 3.05) is 13.1 Å². The van der Waals surface area contributed by atoms with Crippen molar-refractivity contribution in [1.82, 2.24) is 10.6 Å². The van der Waals surface area contributed by atoms with E-state index in [1.807, 2.05) is 0 Å². The lowest BCUT2D eigenvalue weighted by atomic mass is 10.0. The van der Waals surface area contributed by atoms with E-state index in [1.54, 1.807) is 6.92 Å². The van der Waals surface area contributed by atoms with Crippen molar-refractivity contribution in [3.8, 4) is 12.3 Å². The molecule has 1 atom stereocenters. The first kappa shape index (κ1) is 14.0. The van der Waals surface area contributed by atoms with Gasteiger partial charge in [-0.05, 0) is 23.6 Å². The van der Waals surface area contributed by atoms with Crippen LogP contribution in [0.2, 0.25) is 0 Å². The van der Waals surface area contributed by atoms with Gasteiger partial charge in [0.05, 0.1) is 6.54 Å². The van der Waals surface area contributed by atoms with E-state index in [-0.39, 0.29) is 18.5 Å². The van der Waals surface area contributed by atoms with E-state index in [9.17, 15) is 13.6 Å². The lowest BCUT2D eigenvalue weighted by Gasteiger charge is -2.13. The second-order valence-corrected chi connectivity index (χ2v) is 3.84. The maximum atomic E-state index is 13.0. The average molecular weight is 252 g/mol. The summed E-state index contributed by atoms with van der Waals surface area (Å²) >= 11 is 0. The van der Waals surface area contributed by atoms with E-state index in [2.05, 4.69) is 16.6 Å². The smallest absolute Gasteiger partial charge is 0.315 e. The highest BCUT2D eigenvalue weighted by Crippen LogP contribution is 2.17. The van der Waals surface area contributed by atoms with Gasteiger partial charge < -0.3 is 10.6 Å². The van der Waals surface area contributed by atoms with Crippen molar-refractivity contribution >= 4 is 6.03 Å². The maximum absolute atomic E-state index is 13.0. The summed E-state index contributed by atoms with van der Waals surface area (Å²) in [6.45, 7) is 2.25. The Kier molecular flexibility index (Phi) is 5.12. The molecule has 0 aromatic heterocycles. The van der Waals surface area contributed by atoms with Crippen molar-refractivity contribution in [3.63, 3.8) is 0 Å². The number of rotatable bonds is 4. The van der Waals surface area contributed by atoms with Gasteiger partial charge in [0.15, 0.2) is 11.6 Å². The number of hydrogen-bond acceptors (Lipinski definition) is 1. The minimum absolute atomic E-state index is 0.128. The zero-order valence-electron chi connectivity index (χ0n) is 9.97. The van der Waals surface area contributed by atoms with Crippen molar-refractivity contribution < 1.29 is 13.6 Å². The number of nitrogens with one attached hydrogen (secondary N) is 2. The highest BCUT2D eigenvalue weighted by Gasteiger charge is 2.10. The second-order valence-electron chi connectivity index (χ2n) is 3.84. The number of carbonyl (C=O) groups excluding carboxylic acids is 1. The van der Waals surface area contributed by atoms with Gasteiger partial charge in [0.25, 0.3) is 0 Å². The molecular formula is C13H14F2N2O. The van der Waals surface area contributed by atoms with Gasteiger partial charge in [-0.15, -0.1) is 6.42 Å². The van der Waals surface area contributed by atoms with Crippen molar-refractivity contribution in [2.24, 2.45) is 0 Å². The molecule has 0 aliphatic heterocycles. The van der Waals surface area contributed by atoms with Crippen LogP contribution in [0.4, 0.5) is 13.6 Å². The summed E-state index contributed by atoms with van der Waals surface area (Å²) in [5.41, 5.74) is 0.617. The lowest BCUT2D eigenvalue weighted by Crippen LogP contribution is -2.37. The molecule has 1 rings (SSSR count). The highest BCUT2D eigenvalue weighted by atomic mass is 19.2. The van der Waals surface area contributed by atoms with Gasteiger partial charge in [-0.2, -0.15) is 0 Å². The normalized spacial score (nSPS) is 11.4. The van der Waals surface area contributed by atoms with E-state index in [0.717, 1.165) is 12.1 Å². The molecule has 96 valence electrons. The number of hydrogen-bond donors (Lipinski definition) is 2. The molecule has 0 radical (unpaired) electrons. The number of amides is 2. The third-order valence-electron chi connectivity index (χ3n) is 2.43. The minimum atomic E-state index is -0.892. The molecule has 0 saturated carbocycles. The van der Waals surface area contributed by atoms with E-state index >= 15 is 0 Å². The number of benzene rings is 1. The summed E-state index contributed by atoms with van der Waals surface area (Å²) in [5.74, 6) is 0.364. The molecule has 0 aliphatic carbocycles. The third kappa shape index (κ3) is 4.06. The zero-order valence-corrected chi connectivity index (χ0v) is 9.97. The van der Waals surface area contributed by atoms with Crippen LogP contribution in [0.1, 0.15) is 18.4 Å². The van der Waals surface area contributed by atoms with Crippen LogP contribution in [-0.2, 0) is 0 Å². The SMILES string of the molecule is C#CCNC(=O)NC[C@H](C)c1ccc(F)c(F)c1. The predicted octanol–water partition coefficient (Wildman–Crippen LogP) is 2.00. The standard InChI is InChI=1S/C13H14F2N2O/c1-3-6-16-13(18)17-8-9(2)10-4-5-11(14)12(15)7-10/h1,4-5,7,9H,6,8H2,2H3,(H2,16,17,18)/t9-/m0/s1. The lowest BCUT2D eigenvalue weighted by molar-refractivity contribution is 0.241. The number of halogens is 2. The van der Waals surface area contributed by atoms with E-state index < -0.39 is 11.6 Å². The van der Waals surface area contributed by atoms with Crippen molar-refractivity contribution in [1.29, 1.82) is 0 Å². The highest BCUT2D eigenvalue weighted by molar-refractivity contribution is 5.74. The average Bonchev–Trinajstić information content (AvgIpc) is 2.36. The Bertz CT molecular complexity index is 469. The maximum Gasteiger partial charge on any atom is 0.315 e. The molecule has 0 aliphatic rings. The number of carbonyl (C=O) groups is 1. The number of urea groups is 1. The van der Waals surface area contributed by atoms with Crippen LogP contribution >= 0.6 is 0 Å².